The van der Waals surface area contributed by atoms with Crippen molar-refractivity contribution in [3.63, 3.8) is 0 Å². The lowest BCUT2D eigenvalue weighted by atomic mass is 10.2. The van der Waals surface area contributed by atoms with Gasteiger partial charge >= 0.3 is 0 Å². The van der Waals surface area contributed by atoms with Crippen LogP contribution in [0.15, 0.2) is 40.8 Å². The highest BCUT2D eigenvalue weighted by Crippen LogP contribution is 2.22. The van der Waals surface area contributed by atoms with Gasteiger partial charge in [-0.2, -0.15) is 5.10 Å². The summed E-state index contributed by atoms with van der Waals surface area (Å²) < 4.78 is 5.13. The van der Waals surface area contributed by atoms with Gasteiger partial charge in [-0.05, 0) is 36.6 Å². The molecule has 104 valence electrons. The monoisotopic (exact) mass is 308 g/mol. The highest BCUT2D eigenvalue weighted by atomic mass is 35.5. The maximum atomic E-state index is 12.1. The highest BCUT2D eigenvalue weighted by molar-refractivity contribution is 7.12. The zero-order valence-corrected chi connectivity index (χ0v) is 12.6. The first-order chi connectivity index (χ1) is 9.61. The average Bonchev–Trinajstić information content (AvgIpc) is 2.98. The number of hydrogen-bond acceptors (Lipinski definition) is 4. The van der Waals surface area contributed by atoms with E-state index in [0.717, 1.165) is 10.6 Å². The number of thiophene rings is 1. The minimum Gasteiger partial charge on any atom is -0.496 e. The van der Waals surface area contributed by atoms with Gasteiger partial charge < -0.3 is 4.74 Å². The number of halogens is 1. The van der Waals surface area contributed by atoms with Crippen molar-refractivity contribution in [1.29, 1.82) is 0 Å². The summed E-state index contributed by atoms with van der Waals surface area (Å²) in [4.78, 5) is 13.1. The van der Waals surface area contributed by atoms with Crippen LogP contribution in [0.25, 0.3) is 0 Å². The molecule has 1 heterocycles. The molecule has 1 aromatic carbocycles. The van der Waals surface area contributed by atoms with Gasteiger partial charge in [0, 0.05) is 9.90 Å². The molecule has 0 spiro atoms. The number of carbonyl (C=O) groups is 1. The Morgan fingerprint density at radius 1 is 1.40 bits per heavy atom. The predicted molar refractivity (Wildman–Crippen MR) is 82.0 cm³/mol. The molecule has 1 aromatic heterocycles. The number of nitrogens with one attached hydrogen (secondary N) is 1. The van der Waals surface area contributed by atoms with Crippen LogP contribution in [0.2, 0.25) is 5.02 Å². The summed E-state index contributed by atoms with van der Waals surface area (Å²) in [5.74, 6) is 0.0936. The molecule has 1 N–H and O–H groups in total. The second kappa shape index (κ2) is 6.54. The molecule has 0 fully saturated rings. The van der Waals surface area contributed by atoms with E-state index in [1.165, 1.54) is 7.11 Å². The second-order valence-corrected chi connectivity index (χ2v) is 5.34. The number of benzene rings is 1. The quantitative estimate of drug-likeness (QED) is 0.693. The number of hydrogen-bond donors (Lipinski definition) is 1. The molecular weight excluding hydrogens is 296 g/mol. The summed E-state index contributed by atoms with van der Waals surface area (Å²) in [6.07, 6.45) is 0. The third-order valence-electron chi connectivity index (χ3n) is 2.61. The van der Waals surface area contributed by atoms with Gasteiger partial charge in [0.1, 0.15) is 5.75 Å². The molecule has 2 rings (SSSR count). The Balaban J connectivity index is 2.16. The van der Waals surface area contributed by atoms with Gasteiger partial charge in [0.05, 0.1) is 18.4 Å². The normalized spacial score (nSPS) is 11.2. The van der Waals surface area contributed by atoms with Crippen LogP contribution < -0.4 is 10.2 Å². The van der Waals surface area contributed by atoms with E-state index in [-0.39, 0.29) is 5.91 Å². The number of nitrogens with zero attached hydrogens (tertiary/aromatic N) is 1. The van der Waals surface area contributed by atoms with Crippen molar-refractivity contribution in [3.05, 3.63) is 51.2 Å². The largest absolute Gasteiger partial charge is 0.496 e. The van der Waals surface area contributed by atoms with Gasteiger partial charge in [-0.25, -0.2) is 5.43 Å². The first kappa shape index (κ1) is 14.6. The first-order valence-electron chi connectivity index (χ1n) is 5.84. The minimum absolute atomic E-state index is 0.350. The lowest BCUT2D eigenvalue weighted by Gasteiger charge is -2.07. The Bertz CT molecular complexity index is 639. The summed E-state index contributed by atoms with van der Waals surface area (Å²) >= 11 is 7.45. The SMILES string of the molecule is COc1ccc(Cl)cc1C(=O)NN=C(C)c1cccs1. The minimum atomic E-state index is -0.361. The van der Waals surface area contributed by atoms with Gasteiger partial charge in [-0.1, -0.05) is 17.7 Å². The van der Waals surface area contributed by atoms with Crippen LogP contribution in [0.3, 0.4) is 0 Å². The van der Waals surface area contributed by atoms with E-state index in [1.54, 1.807) is 29.5 Å². The molecule has 6 heteroatoms. The van der Waals surface area contributed by atoms with Crippen LogP contribution in [-0.2, 0) is 0 Å². The summed E-state index contributed by atoms with van der Waals surface area (Å²) in [5, 5.41) is 6.50. The Morgan fingerprint density at radius 3 is 2.85 bits per heavy atom. The lowest BCUT2D eigenvalue weighted by Crippen LogP contribution is -2.19. The molecule has 0 atom stereocenters. The summed E-state index contributed by atoms with van der Waals surface area (Å²) in [6, 6.07) is 8.73. The highest BCUT2D eigenvalue weighted by Gasteiger charge is 2.12. The van der Waals surface area contributed by atoms with E-state index < -0.39 is 0 Å². The zero-order chi connectivity index (χ0) is 14.5. The Kier molecular flexibility index (Phi) is 4.76. The molecule has 4 nitrogen and oxygen atoms in total. The van der Waals surface area contributed by atoms with Crippen LogP contribution in [-0.4, -0.2) is 18.7 Å². The van der Waals surface area contributed by atoms with Crippen molar-refractivity contribution in [1.82, 2.24) is 5.43 Å². The molecule has 2 aromatic rings. The molecule has 0 aliphatic carbocycles. The first-order valence-corrected chi connectivity index (χ1v) is 7.09. The molecule has 0 saturated heterocycles. The van der Waals surface area contributed by atoms with Crippen LogP contribution in [0.1, 0.15) is 22.2 Å². The summed E-state index contributed by atoms with van der Waals surface area (Å²) in [7, 11) is 1.50. The Labute approximate surface area is 126 Å². The third-order valence-corrected chi connectivity index (χ3v) is 3.82. The molecule has 0 radical (unpaired) electrons. The molecule has 0 unspecified atom stereocenters. The van der Waals surface area contributed by atoms with Crippen molar-refractivity contribution >= 4 is 34.6 Å². The number of methoxy groups -OCH3 is 1. The topological polar surface area (TPSA) is 50.7 Å². The number of hydrazone groups is 1. The molecular formula is C14H13ClN2O2S. The fourth-order valence-electron chi connectivity index (χ4n) is 1.59. The second-order valence-electron chi connectivity index (χ2n) is 3.96. The van der Waals surface area contributed by atoms with E-state index in [0.29, 0.717) is 16.3 Å². The van der Waals surface area contributed by atoms with E-state index >= 15 is 0 Å². The smallest absolute Gasteiger partial charge is 0.275 e. The van der Waals surface area contributed by atoms with Crippen molar-refractivity contribution < 1.29 is 9.53 Å². The maximum Gasteiger partial charge on any atom is 0.275 e. The van der Waals surface area contributed by atoms with Crippen molar-refractivity contribution in [2.24, 2.45) is 5.10 Å². The number of amides is 1. The van der Waals surface area contributed by atoms with Crippen molar-refractivity contribution in [2.75, 3.05) is 7.11 Å². The standard InChI is InChI=1S/C14H13ClN2O2S/c1-9(13-4-3-7-20-13)16-17-14(18)11-8-10(15)5-6-12(11)19-2/h3-8H,1-2H3,(H,17,18). The third kappa shape index (κ3) is 3.37. The van der Waals surface area contributed by atoms with Crippen LogP contribution in [0.5, 0.6) is 5.75 Å². The lowest BCUT2D eigenvalue weighted by molar-refractivity contribution is 0.0952. The maximum absolute atomic E-state index is 12.1. The van der Waals surface area contributed by atoms with Gasteiger partial charge in [-0.3, -0.25) is 4.79 Å². The van der Waals surface area contributed by atoms with Gasteiger partial charge in [-0.15, -0.1) is 11.3 Å². The van der Waals surface area contributed by atoms with Crippen LogP contribution >= 0.6 is 22.9 Å². The fraction of sp³-hybridized carbons (Fsp3) is 0.143. The zero-order valence-electron chi connectivity index (χ0n) is 11.0. The molecule has 0 aliphatic rings. The fourth-order valence-corrected chi connectivity index (χ4v) is 2.44. The molecule has 1 amide bonds. The van der Waals surface area contributed by atoms with Crippen LogP contribution in [0, 0.1) is 0 Å². The van der Waals surface area contributed by atoms with Gasteiger partial charge in [0.25, 0.3) is 5.91 Å². The molecule has 20 heavy (non-hydrogen) atoms. The van der Waals surface area contributed by atoms with Crippen molar-refractivity contribution in [3.8, 4) is 5.75 Å². The average molecular weight is 309 g/mol. The predicted octanol–water partition coefficient (Wildman–Crippen LogP) is 3.56. The number of carbonyl (C=O) groups excluding carboxylic acids is 1. The summed E-state index contributed by atoms with van der Waals surface area (Å²) in [5.41, 5.74) is 3.60. The number of ether oxygens (including phenoxy) is 1. The Hall–Kier alpha value is -1.85. The van der Waals surface area contributed by atoms with Gasteiger partial charge in [0.2, 0.25) is 0 Å². The molecule has 0 aliphatic heterocycles. The van der Waals surface area contributed by atoms with E-state index in [9.17, 15) is 4.79 Å². The van der Waals surface area contributed by atoms with E-state index in [1.807, 2.05) is 24.4 Å². The molecule has 0 saturated carbocycles. The van der Waals surface area contributed by atoms with Crippen molar-refractivity contribution in [2.45, 2.75) is 6.92 Å². The summed E-state index contributed by atoms with van der Waals surface area (Å²) in [6.45, 7) is 1.83. The van der Waals surface area contributed by atoms with Gasteiger partial charge in [0.15, 0.2) is 0 Å². The number of rotatable bonds is 4. The van der Waals surface area contributed by atoms with Crippen LogP contribution in [0.4, 0.5) is 0 Å². The molecule has 0 bridgehead atoms. The van der Waals surface area contributed by atoms with E-state index in [4.69, 9.17) is 16.3 Å². The van der Waals surface area contributed by atoms with E-state index in [2.05, 4.69) is 10.5 Å². The Morgan fingerprint density at radius 2 is 2.20 bits per heavy atom.